The number of hydrogen-bond donors (Lipinski definition) is 2. The predicted octanol–water partition coefficient (Wildman–Crippen LogP) is 12.9. The molecule has 0 saturated heterocycles. The summed E-state index contributed by atoms with van der Waals surface area (Å²) in [6.45, 7) is 5.13. The van der Waals surface area contributed by atoms with E-state index in [1.54, 1.807) is 12.1 Å². The molecule has 2 aromatic rings. The van der Waals surface area contributed by atoms with Gasteiger partial charge in [0, 0.05) is 19.4 Å². The van der Waals surface area contributed by atoms with Crippen molar-refractivity contribution in [3.05, 3.63) is 54.1 Å². The molecule has 0 atom stereocenters. The molecule has 2 amide bonds. The highest BCUT2D eigenvalue weighted by atomic mass is 16.7. The molecule has 268 valence electrons. The summed E-state index contributed by atoms with van der Waals surface area (Å²) in [7, 11) is 0. The monoisotopic (exact) mass is 669 g/mol. The standard InChI is InChI=1S/C43H64N4O2/c1-3-5-7-9-10-11-12-13-14-15-16-17-18-19-20-21-22-23-24-25-26-28-38-44-43(48)47-49-42-36-34-41(35-37-42)46-45-40-32-30-39(31-33-40)29-27-8-6-4-2/h30-37H,3-16,21-29,38H2,1-2H3,(H2,44,47,48). The molecule has 2 rings (SSSR count). The van der Waals surface area contributed by atoms with Crippen LogP contribution in [0.5, 0.6) is 5.75 Å². The van der Waals surface area contributed by atoms with Crippen molar-refractivity contribution >= 4 is 17.4 Å². The molecule has 0 aromatic heterocycles. The predicted molar refractivity (Wildman–Crippen MR) is 206 cm³/mol. The minimum absolute atomic E-state index is 0.345. The molecule has 0 aliphatic carbocycles. The van der Waals surface area contributed by atoms with Crippen molar-refractivity contribution in [1.29, 1.82) is 0 Å². The van der Waals surface area contributed by atoms with Crippen LogP contribution < -0.4 is 15.6 Å². The first kappa shape index (κ1) is 41.4. The van der Waals surface area contributed by atoms with Gasteiger partial charge in [-0.25, -0.2) is 4.79 Å². The summed E-state index contributed by atoms with van der Waals surface area (Å²) in [5.41, 5.74) is 5.32. The highest BCUT2D eigenvalue weighted by Gasteiger charge is 2.02. The summed E-state index contributed by atoms with van der Waals surface area (Å²) in [5, 5.41) is 11.5. The van der Waals surface area contributed by atoms with Gasteiger partial charge in [0.1, 0.15) is 0 Å². The molecular weight excluding hydrogens is 604 g/mol. The molecule has 49 heavy (non-hydrogen) atoms. The number of hydrogen-bond acceptors (Lipinski definition) is 4. The van der Waals surface area contributed by atoms with Gasteiger partial charge in [0.2, 0.25) is 0 Å². The Morgan fingerprint density at radius 1 is 0.571 bits per heavy atom. The first-order valence-electron chi connectivity index (χ1n) is 19.5. The van der Waals surface area contributed by atoms with Crippen LogP contribution in [0.2, 0.25) is 0 Å². The summed E-state index contributed by atoms with van der Waals surface area (Å²) in [5.74, 6) is 13.0. The van der Waals surface area contributed by atoms with Crippen molar-refractivity contribution in [3.63, 3.8) is 0 Å². The van der Waals surface area contributed by atoms with Crippen LogP contribution in [0.25, 0.3) is 0 Å². The summed E-state index contributed by atoms with van der Waals surface area (Å²) in [6.07, 6.45) is 28.4. The van der Waals surface area contributed by atoms with Crippen LogP contribution in [-0.2, 0) is 6.42 Å². The van der Waals surface area contributed by atoms with Crippen molar-refractivity contribution in [1.82, 2.24) is 10.8 Å². The van der Waals surface area contributed by atoms with E-state index >= 15 is 0 Å². The Labute approximate surface area is 299 Å². The van der Waals surface area contributed by atoms with Crippen molar-refractivity contribution in [2.24, 2.45) is 10.2 Å². The Bertz CT molecular complexity index is 1250. The molecule has 0 heterocycles. The summed E-state index contributed by atoms with van der Waals surface area (Å²) >= 11 is 0. The smallest absolute Gasteiger partial charge is 0.347 e. The molecule has 6 nitrogen and oxygen atoms in total. The van der Waals surface area contributed by atoms with E-state index in [2.05, 4.69) is 70.7 Å². The zero-order valence-electron chi connectivity index (χ0n) is 30.8. The first-order chi connectivity index (χ1) is 24.2. The van der Waals surface area contributed by atoms with Gasteiger partial charge in [-0.05, 0) is 85.9 Å². The van der Waals surface area contributed by atoms with Gasteiger partial charge in [0.25, 0.3) is 0 Å². The molecule has 0 aliphatic heterocycles. The average Bonchev–Trinajstić information content (AvgIpc) is 3.13. The third-order valence-corrected chi connectivity index (χ3v) is 8.54. The molecule has 0 fully saturated rings. The second-order valence-corrected chi connectivity index (χ2v) is 13.0. The van der Waals surface area contributed by atoms with Crippen molar-refractivity contribution in [3.8, 4) is 29.4 Å². The Morgan fingerprint density at radius 3 is 1.55 bits per heavy atom. The maximum absolute atomic E-state index is 12.1. The van der Waals surface area contributed by atoms with E-state index in [0.29, 0.717) is 18.0 Å². The number of amides is 2. The van der Waals surface area contributed by atoms with Gasteiger partial charge < -0.3 is 10.2 Å². The highest BCUT2D eigenvalue weighted by Crippen LogP contribution is 2.22. The SMILES string of the molecule is CCCCCCCCCCCCC#CC#CCCCCCCCCNC(=O)NOc1ccc(N=Nc2ccc(CCCCCC)cc2)cc1. The number of nitrogens with zero attached hydrogens (tertiary/aromatic N) is 2. The summed E-state index contributed by atoms with van der Waals surface area (Å²) in [6, 6.07) is 15.1. The number of hydroxylamine groups is 1. The van der Waals surface area contributed by atoms with Crippen LogP contribution in [0.3, 0.4) is 0 Å². The summed E-state index contributed by atoms with van der Waals surface area (Å²) in [4.78, 5) is 17.5. The van der Waals surface area contributed by atoms with E-state index in [4.69, 9.17) is 4.84 Å². The molecule has 0 radical (unpaired) electrons. The van der Waals surface area contributed by atoms with Crippen molar-refractivity contribution < 1.29 is 9.63 Å². The largest absolute Gasteiger partial charge is 0.378 e. The Morgan fingerprint density at radius 2 is 1.02 bits per heavy atom. The van der Waals surface area contributed by atoms with Crippen LogP contribution in [0.4, 0.5) is 16.2 Å². The van der Waals surface area contributed by atoms with E-state index in [9.17, 15) is 4.79 Å². The van der Waals surface area contributed by atoms with Crippen molar-refractivity contribution in [2.45, 2.75) is 162 Å². The average molecular weight is 669 g/mol. The lowest BCUT2D eigenvalue weighted by Crippen LogP contribution is -2.38. The van der Waals surface area contributed by atoms with Gasteiger partial charge in [-0.1, -0.05) is 141 Å². The molecule has 0 aliphatic rings. The maximum atomic E-state index is 12.1. The van der Waals surface area contributed by atoms with Gasteiger partial charge >= 0.3 is 6.03 Å². The quantitative estimate of drug-likeness (QED) is 0.0430. The van der Waals surface area contributed by atoms with Gasteiger partial charge in [-0.15, -0.1) is 0 Å². The molecule has 6 heteroatoms. The van der Waals surface area contributed by atoms with Gasteiger partial charge in [-0.3, -0.25) is 0 Å². The molecular formula is C43H64N4O2. The number of aryl methyl sites for hydroxylation is 1. The Kier molecular flexibility index (Phi) is 25.6. The van der Waals surface area contributed by atoms with Crippen LogP contribution >= 0.6 is 0 Å². The molecule has 0 unspecified atom stereocenters. The number of carbonyl (C=O) groups excluding carboxylic acids is 1. The van der Waals surface area contributed by atoms with E-state index < -0.39 is 0 Å². The lowest BCUT2D eigenvalue weighted by atomic mass is 10.1. The molecule has 0 spiro atoms. The molecule has 2 aromatic carbocycles. The van der Waals surface area contributed by atoms with Crippen LogP contribution in [-0.4, -0.2) is 12.6 Å². The van der Waals surface area contributed by atoms with E-state index in [1.165, 1.54) is 115 Å². The fourth-order valence-electron chi connectivity index (χ4n) is 5.48. The van der Waals surface area contributed by atoms with Gasteiger partial charge in [0.05, 0.1) is 11.4 Å². The number of carbonyl (C=O) groups is 1. The van der Waals surface area contributed by atoms with Crippen LogP contribution in [0, 0.1) is 23.7 Å². The number of urea groups is 1. The molecule has 2 N–H and O–H groups in total. The number of benzene rings is 2. The fraction of sp³-hybridized carbons (Fsp3) is 0.605. The second-order valence-electron chi connectivity index (χ2n) is 13.0. The second kappa shape index (κ2) is 30.3. The number of unbranched alkanes of at least 4 members (excludes halogenated alkanes) is 19. The maximum Gasteiger partial charge on any atom is 0.347 e. The molecule has 0 saturated carbocycles. The first-order valence-corrected chi connectivity index (χ1v) is 19.5. The Balaban J connectivity index is 1.40. The summed E-state index contributed by atoms with van der Waals surface area (Å²) < 4.78 is 0. The Hall–Kier alpha value is -3.77. The van der Waals surface area contributed by atoms with E-state index in [0.717, 1.165) is 44.2 Å². The lowest BCUT2D eigenvalue weighted by Gasteiger charge is -2.08. The molecule has 0 bridgehead atoms. The topological polar surface area (TPSA) is 75.1 Å². The number of rotatable bonds is 27. The minimum atomic E-state index is -0.345. The lowest BCUT2D eigenvalue weighted by molar-refractivity contribution is 0.178. The highest BCUT2D eigenvalue weighted by molar-refractivity contribution is 5.72. The van der Waals surface area contributed by atoms with E-state index in [1.807, 2.05) is 24.3 Å². The van der Waals surface area contributed by atoms with Gasteiger partial charge in [-0.2, -0.15) is 15.7 Å². The number of nitrogens with one attached hydrogen (secondary N) is 2. The van der Waals surface area contributed by atoms with Crippen LogP contribution in [0.1, 0.15) is 161 Å². The van der Waals surface area contributed by atoms with Crippen molar-refractivity contribution in [2.75, 3.05) is 6.54 Å². The minimum Gasteiger partial charge on any atom is -0.378 e. The third kappa shape index (κ3) is 24.1. The van der Waals surface area contributed by atoms with Crippen LogP contribution in [0.15, 0.2) is 58.8 Å². The third-order valence-electron chi connectivity index (χ3n) is 8.54. The van der Waals surface area contributed by atoms with E-state index in [-0.39, 0.29) is 6.03 Å². The fourth-order valence-corrected chi connectivity index (χ4v) is 5.48. The zero-order chi connectivity index (χ0) is 34.9. The van der Waals surface area contributed by atoms with Gasteiger partial charge in [0.15, 0.2) is 5.75 Å². The number of azo groups is 1. The zero-order valence-corrected chi connectivity index (χ0v) is 30.8. The normalized spacial score (nSPS) is 10.7.